The van der Waals surface area contributed by atoms with E-state index in [9.17, 15) is 19.5 Å². The molecule has 1 aromatic rings. The summed E-state index contributed by atoms with van der Waals surface area (Å²) in [5, 5.41) is 20.6. The lowest BCUT2D eigenvalue weighted by molar-refractivity contribution is -0.143. The van der Waals surface area contributed by atoms with Gasteiger partial charge < -0.3 is 20.1 Å². The molecule has 0 bridgehead atoms. The van der Waals surface area contributed by atoms with Crippen LogP contribution in [0.15, 0.2) is 16.9 Å². The number of aryl methyl sites for hydroxylation is 1. The van der Waals surface area contributed by atoms with E-state index < -0.39 is 23.5 Å². The number of nitrogens with zero attached hydrogens (tertiary/aromatic N) is 1. The first-order valence-corrected chi connectivity index (χ1v) is 6.15. The number of carboxylic acids is 1. The highest BCUT2D eigenvalue weighted by Gasteiger charge is 2.23. The molecule has 0 radical (unpaired) electrons. The van der Waals surface area contributed by atoms with Gasteiger partial charge in [-0.15, -0.1) is 0 Å². The van der Waals surface area contributed by atoms with Gasteiger partial charge in [-0.3, -0.25) is 9.59 Å². The van der Waals surface area contributed by atoms with Crippen LogP contribution in [0.2, 0.25) is 0 Å². The third-order valence-electron chi connectivity index (χ3n) is 2.87. The zero-order chi connectivity index (χ0) is 15.4. The third-order valence-corrected chi connectivity index (χ3v) is 2.87. The fourth-order valence-corrected chi connectivity index (χ4v) is 1.79. The van der Waals surface area contributed by atoms with Gasteiger partial charge in [-0.25, -0.2) is 4.79 Å². The van der Waals surface area contributed by atoms with Gasteiger partial charge in [0.15, 0.2) is 0 Å². The van der Waals surface area contributed by atoms with Crippen LogP contribution in [0.25, 0.3) is 0 Å². The summed E-state index contributed by atoms with van der Waals surface area (Å²) >= 11 is 0. The number of nitrogens with one attached hydrogen (secondary N) is 1. The number of carbonyl (C=O) groups is 2. The predicted octanol–water partition coefficient (Wildman–Crippen LogP) is 0.0877. The summed E-state index contributed by atoms with van der Waals surface area (Å²) in [7, 11) is 0. The zero-order valence-corrected chi connectivity index (χ0v) is 11.6. The van der Waals surface area contributed by atoms with Gasteiger partial charge in [0.1, 0.15) is 18.3 Å². The largest absolute Gasteiger partial charge is 0.508 e. The smallest absolute Gasteiger partial charge is 0.326 e. The normalized spacial score (nSPS) is 12.2. The van der Waals surface area contributed by atoms with Gasteiger partial charge in [0.25, 0.3) is 5.56 Å². The Morgan fingerprint density at radius 1 is 1.35 bits per heavy atom. The molecule has 1 amide bonds. The van der Waals surface area contributed by atoms with Gasteiger partial charge in [-0.1, -0.05) is 13.8 Å². The first-order chi connectivity index (χ1) is 9.22. The molecule has 0 aliphatic heterocycles. The number of pyridine rings is 1. The third kappa shape index (κ3) is 3.84. The Labute approximate surface area is 115 Å². The molecule has 0 unspecified atom stereocenters. The predicted molar refractivity (Wildman–Crippen MR) is 71.5 cm³/mol. The number of carboxylic acid groups (broad SMARTS) is 1. The van der Waals surface area contributed by atoms with Gasteiger partial charge in [0.05, 0.1) is 0 Å². The summed E-state index contributed by atoms with van der Waals surface area (Å²) in [5.41, 5.74) is -0.101. The fraction of sp³-hybridized carbons (Fsp3) is 0.462. The van der Waals surface area contributed by atoms with Crippen molar-refractivity contribution in [1.29, 1.82) is 0 Å². The first kappa shape index (κ1) is 15.7. The number of hydrogen-bond donors (Lipinski definition) is 3. The van der Waals surface area contributed by atoms with Crippen molar-refractivity contribution >= 4 is 11.9 Å². The van der Waals surface area contributed by atoms with E-state index in [2.05, 4.69) is 5.32 Å². The maximum absolute atomic E-state index is 11.8. The molecular weight excluding hydrogens is 264 g/mol. The lowest BCUT2D eigenvalue weighted by Crippen LogP contribution is -2.46. The van der Waals surface area contributed by atoms with Gasteiger partial charge in [0, 0.05) is 11.8 Å². The van der Waals surface area contributed by atoms with Crippen molar-refractivity contribution in [2.75, 3.05) is 0 Å². The quantitative estimate of drug-likeness (QED) is 0.709. The van der Waals surface area contributed by atoms with Crippen molar-refractivity contribution in [3.63, 3.8) is 0 Å². The van der Waals surface area contributed by atoms with Crippen LogP contribution in [0.4, 0.5) is 0 Å². The average molecular weight is 282 g/mol. The van der Waals surface area contributed by atoms with Gasteiger partial charge in [0.2, 0.25) is 5.91 Å². The molecule has 0 aromatic carbocycles. The molecule has 1 rings (SSSR count). The highest BCUT2D eigenvalue weighted by atomic mass is 16.4. The highest BCUT2D eigenvalue weighted by molar-refractivity contribution is 5.83. The molecule has 0 aliphatic carbocycles. The van der Waals surface area contributed by atoms with Crippen LogP contribution < -0.4 is 10.9 Å². The number of aliphatic carboxylic acids is 1. The SMILES string of the molecule is Cc1cc(O)cc(=O)n1CC(=O)N[C@@H](C(=O)O)C(C)C. The van der Waals surface area contributed by atoms with E-state index in [4.69, 9.17) is 5.11 Å². The summed E-state index contributed by atoms with van der Waals surface area (Å²) in [4.78, 5) is 34.5. The number of amides is 1. The van der Waals surface area contributed by atoms with Crippen molar-refractivity contribution in [2.24, 2.45) is 5.92 Å². The molecule has 7 heteroatoms. The van der Waals surface area contributed by atoms with Crippen LogP contribution in [0.3, 0.4) is 0 Å². The van der Waals surface area contributed by atoms with Crippen LogP contribution in [0, 0.1) is 12.8 Å². The minimum Gasteiger partial charge on any atom is -0.508 e. The number of carbonyl (C=O) groups excluding carboxylic acids is 1. The van der Waals surface area contributed by atoms with Crippen LogP contribution in [-0.4, -0.2) is 32.7 Å². The highest BCUT2D eigenvalue weighted by Crippen LogP contribution is 2.07. The first-order valence-electron chi connectivity index (χ1n) is 6.15. The summed E-state index contributed by atoms with van der Waals surface area (Å²) in [5.74, 6) is -2.13. The minimum atomic E-state index is -1.12. The molecule has 1 heterocycles. The number of aromatic nitrogens is 1. The van der Waals surface area contributed by atoms with Crippen molar-refractivity contribution < 1.29 is 19.8 Å². The second kappa shape index (κ2) is 6.23. The second-order valence-electron chi connectivity index (χ2n) is 4.91. The zero-order valence-electron chi connectivity index (χ0n) is 11.6. The van der Waals surface area contributed by atoms with E-state index >= 15 is 0 Å². The molecule has 0 saturated heterocycles. The second-order valence-corrected chi connectivity index (χ2v) is 4.91. The standard InChI is InChI=1S/C13H18N2O5/c1-7(2)12(13(19)20)14-10(17)6-15-8(3)4-9(16)5-11(15)18/h4-5,7,12,16H,6H2,1-3H3,(H,14,17)(H,19,20)/t12-/m1/s1. The summed E-state index contributed by atoms with van der Waals surface area (Å²) in [6, 6.07) is 1.35. The molecule has 20 heavy (non-hydrogen) atoms. The molecule has 1 atom stereocenters. The molecule has 110 valence electrons. The molecule has 0 aliphatic rings. The van der Waals surface area contributed by atoms with E-state index in [1.165, 1.54) is 6.07 Å². The molecule has 0 saturated carbocycles. The van der Waals surface area contributed by atoms with Crippen LogP contribution in [-0.2, 0) is 16.1 Å². The lowest BCUT2D eigenvalue weighted by atomic mass is 10.1. The maximum Gasteiger partial charge on any atom is 0.326 e. The Kier molecular flexibility index (Phi) is 4.90. The Morgan fingerprint density at radius 2 is 1.95 bits per heavy atom. The Bertz CT molecular complexity index is 577. The van der Waals surface area contributed by atoms with Gasteiger partial charge >= 0.3 is 5.97 Å². The van der Waals surface area contributed by atoms with Crippen molar-refractivity contribution in [2.45, 2.75) is 33.4 Å². The topological polar surface area (TPSA) is 109 Å². The van der Waals surface area contributed by atoms with Gasteiger partial charge in [-0.2, -0.15) is 0 Å². The van der Waals surface area contributed by atoms with Crippen molar-refractivity contribution in [3.8, 4) is 5.75 Å². The summed E-state index contributed by atoms with van der Waals surface area (Å²) < 4.78 is 1.16. The van der Waals surface area contributed by atoms with Crippen LogP contribution in [0.5, 0.6) is 5.75 Å². The molecule has 3 N–H and O–H groups in total. The lowest BCUT2D eigenvalue weighted by Gasteiger charge is -2.18. The Balaban J connectivity index is 2.87. The monoisotopic (exact) mass is 282 g/mol. The summed E-state index contributed by atoms with van der Waals surface area (Å²) in [6.45, 7) is 4.64. The van der Waals surface area contributed by atoms with Crippen molar-refractivity contribution in [1.82, 2.24) is 9.88 Å². The van der Waals surface area contributed by atoms with E-state index in [1.54, 1.807) is 20.8 Å². The van der Waals surface area contributed by atoms with E-state index in [0.717, 1.165) is 10.6 Å². The van der Waals surface area contributed by atoms with E-state index in [0.29, 0.717) is 5.69 Å². The van der Waals surface area contributed by atoms with E-state index in [-0.39, 0.29) is 18.2 Å². The molecule has 0 spiro atoms. The van der Waals surface area contributed by atoms with E-state index in [1.807, 2.05) is 0 Å². The van der Waals surface area contributed by atoms with Crippen LogP contribution in [0.1, 0.15) is 19.5 Å². The molecular formula is C13H18N2O5. The molecule has 7 nitrogen and oxygen atoms in total. The van der Waals surface area contributed by atoms with Crippen molar-refractivity contribution in [3.05, 3.63) is 28.2 Å². The fourth-order valence-electron chi connectivity index (χ4n) is 1.79. The maximum atomic E-state index is 11.8. The molecule has 1 aromatic heterocycles. The molecule has 0 fully saturated rings. The van der Waals surface area contributed by atoms with Crippen LogP contribution >= 0.6 is 0 Å². The van der Waals surface area contributed by atoms with Gasteiger partial charge in [-0.05, 0) is 18.9 Å². The number of aromatic hydroxyl groups is 1. The minimum absolute atomic E-state index is 0.172. The summed E-state index contributed by atoms with van der Waals surface area (Å²) in [6.07, 6.45) is 0. The number of rotatable bonds is 5. The Hall–Kier alpha value is -2.31. The average Bonchev–Trinajstić information content (AvgIpc) is 2.29. The Morgan fingerprint density at radius 3 is 2.40 bits per heavy atom. The number of hydrogen-bond acceptors (Lipinski definition) is 4.